The molecule has 0 fully saturated rings. The maximum Gasteiger partial charge on any atom is 0.251 e. The zero-order valence-electron chi connectivity index (χ0n) is 17.3. The number of benzene rings is 3. The van der Waals surface area contributed by atoms with E-state index in [1.807, 2.05) is 54.6 Å². The number of anilines is 1. The fourth-order valence-corrected chi connectivity index (χ4v) is 4.52. The Balaban J connectivity index is 1.38. The number of carbonyl (C=O) groups is 2. The Bertz CT molecular complexity index is 1220. The van der Waals surface area contributed by atoms with Crippen molar-refractivity contribution in [2.75, 3.05) is 17.6 Å². The number of aromatic nitrogens is 1. The number of halogens is 1. The van der Waals surface area contributed by atoms with E-state index in [2.05, 4.69) is 49.5 Å². The Labute approximate surface area is 199 Å². The maximum absolute atomic E-state index is 12.4. The quantitative estimate of drug-likeness (QED) is 0.306. The minimum atomic E-state index is -0.0822. The van der Waals surface area contributed by atoms with Crippen LogP contribution in [0.5, 0.6) is 0 Å². The Kier molecular flexibility index (Phi) is 7.29. The van der Waals surface area contributed by atoms with Crippen LogP contribution in [0, 0.1) is 0 Å². The number of hydrogen-bond acceptors (Lipinski definition) is 3. The highest BCUT2D eigenvalue weighted by molar-refractivity contribution is 9.10. The molecule has 0 unspecified atom stereocenters. The van der Waals surface area contributed by atoms with Gasteiger partial charge in [0.2, 0.25) is 5.91 Å². The van der Waals surface area contributed by atoms with Crippen LogP contribution >= 0.6 is 27.7 Å². The molecule has 1 aromatic heterocycles. The van der Waals surface area contributed by atoms with Gasteiger partial charge in [0.25, 0.3) is 5.91 Å². The highest BCUT2D eigenvalue weighted by Crippen LogP contribution is 2.30. The van der Waals surface area contributed by atoms with Crippen molar-refractivity contribution < 1.29 is 9.59 Å². The van der Waals surface area contributed by atoms with Gasteiger partial charge >= 0.3 is 0 Å². The summed E-state index contributed by atoms with van der Waals surface area (Å²) < 4.78 is 3.09. The van der Waals surface area contributed by atoms with Crippen LogP contribution in [-0.2, 0) is 11.3 Å². The molecule has 0 spiro atoms. The number of carbonyl (C=O) groups excluding carboxylic acids is 2. The molecule has 2 amide bonds. The molecule has 0 radical (unpaired) electrons. The number of nitrogens with zero attached hydrogens (tertiary/aromatic N) is 1. The largest absolute Gasteiger partial charge is 0.350 e. The van der Waals surface area contributed by atoms with Crippen LogP contribution in [0.3, 0.4) is 0 Å². The van der Waals surface area contributed by atoms with Crippen molar-refractivity contribution in [1.82, 2.24) is 9.88 Å². The van der Waals surface area contributed by atoms with Crippen molar-refractivity contribution in [1.29, 1.82) is 0 Å². The maximum atomic E-state index is 12.4. The summed E-state index contributed by atoms with van der Waals surface area (Å²) in [6, 6.07) is 24.8. The zero-order valence-corrected chi connectivity index (χ0v) is 19.7. The van der Waals surface area contributed by atoms with Crippen LogP contribution in [0.1, 0.15) is 10.4 Å². The Morgan fingerprint density at radius 1 is 0.906 bits per heavy atom. The molecule has 0 aliphatic carbocycles. The molecular weight excluding hydrogens is 486 g/mol. The number of amides is 2. The molecule has 2 N–H and O–H groups in total. The van der Waals surface area contributed by atoms with Crippen LogP contribution in [0.25, 0.3) is 10.9 Å². The molecule has 7 heteroatoms. The first-order chi connectivity index (χ1) is 15.6. The highest BCUT2D eigenvalue weighted by atomic mass is 79.9. The minimum Gasteiger partial charge on any atom is -0.350 e. The average Bonchev–Trinajstić information content (AvgIpc) is 3.17. The van der Waals surface area contributed by atoms with Gasteiger partial charge in [-0.25, -0.2) is 0 Å². The lowest BCUT2D eigenvalue weighted by atomic mass is 10.2. The molecule has 162 valence electrons. The first-order valence-corrected chi connectivity index (χ1v) is 12.0. The minimum absolute atomic E-state index is 0.0516. The average molecular weight is 508 g/mol. The van der Waals surface area contributed by atoms with Crippen LogP contribution in [0.15, 0.2) is 94.4 Å². The van der Waals surface area contributed by atoms with Crippen LogP contribution in [0.2, 0.25) is 0 Å². The Morgan fingerprint density at radius 2 is 1.62 bits per heavy atom. The van der Waals surface area contributed by atoms with Crippen molar-refractivity contribution in [3.63, 3.8) is 0 Å². The molecule has 32 heavy (non-hydrogen) atoms. The summed E-state index contributed by atoms with van der Waals surface area (Å²) in [6.07, 6.45) is 2.05. The van der Waals surface area contributed by atoms with E-state index < -0.39 is 0 Å². The monoisotopic (exact) mass is 507 g/mol. The molecule has 0 saturated carbocycles. The normalized spacial score (nSPS) is 10.8. The van der Waals surface area contributed by atoms with Gasteiger partial charge in [0.05, 0.1) is 5.75 Å². The van der Waals surface area contributed by atoms with E-state index in [1.165, 1.54) is 11.8 Å². The van der Waals surface area contributed by atoms with Gasteiger partial charge in [-0.2, -0.15) is 0 Å². The van der Waals surface area contributed by atoms with Crippen molar-refractivity contribution >= 4 is 56.1 Å². The lowest BCUT2D eigenvalue weighted by Crippen LogP contribution is -2.26. The molecule has 0 saturated heterocycles. The van der Waals surface area contributed by atoms with Crippen molar-refractivity contribution in [3.05, 3.63) is 95.1 Å². The summed E-state index contributed by atoms with van der Waals surface area (Å²) >= 11 is 4.90. The molecule has 0 atom stereocenters. The lowest BCUT2D eigenvalue weighted by molar-refractivity contribution is -0.113. The molecule has 0 aliphatic rings. The summed E-state index contributed by atoms with van der Waals surface area (Å²) in [5.74, 6) is 0.181. The third kappa shape index (κ3) is 5.60. The second-order valence-electron chi connectivity index (χ2n) is 7.17. The summed E-state index contributed by atoms with van der Waals surface area (Å²) in [4.78, 5) is 25.7. The van der Waals surface area contributed by atoms with Crippen LogP contribution in [-0.4, -0.2) is 28.7 Å². The predicted molar refractivity (Wildman–Crippen MR) is 134 cm³/mol. The van der Waals surface area contributed by atoms with Crippen molar-refractivity contribution in [2.45, 2.75) is 11.4 Å². The van der Waals surface area contributed by atoms with Gasteiger partial charge in [0.15, 0.2) is 0 Å². The summed E-state index contributed by atoms with van der Waals surface area (Å²) in [5.41, 5.74) is 2.51. The second kappa shape index (κ2) is 10.5. The van der Waals surface area contributed by atoms with E-state index in [-0.39, 0.29) is 11.8 Å². The van der Waals surface area contributed by atoms with E-state index in [0.29, 0.717) is 24.4 Å². The van der Waals surface area contributed by atoms with E-state index in [0.717, 1.165) is 26.0 Å². The molecule has 1 heterocycles. The van der Waals surface area contributed by atoms with Gasteiger partial charge < -0.3 is 15.2 Å². The zero-order chi connectivity index (χ0) is 22.3. The number of thioether (sulfide) groups is 1. The van der Waals surface area contributed by atoms with Gasteiger partial charge in [-0.05, 0) is 42.5 Å². The van der Waals surface area contributed by atoms with Crippen LogP contribution < -0.4 is 10.6 Å². The van der Waals surface area contributed by atoms with Crippen molar-refractivity contribution in [2.24, 2.45) is 0 Å². The number of nitrogens with one attached hydrogen (secondary N) is 2. The highest BCUT2D eigenvalue weighted by Gasteiger charge is 2.12. The molecule has 3 aromatic carbocycles. The van der Waals surface area contributed by atoms with E-state index in [9.17, 15) is 9.59 Å². The lowest BCUT2D eigenvalue weighted by Gasteiger charge is -2.07. The van der Waals surface area contributed by atoms with Gasteiger partial charge in [-0.15, -0.1) is 11.8 Å². The first-order valence-electron chi connectivity index (χ1n) is 10.2. The van der Waals surface area contributed by atoms with Gasteiger partial charge in [0.1, 0.15) is 0 Å². The van der Waals surface area contributed by atoms with E-state index in [1.54, 1.807) is 12.1 Å². The Hall–Kier alpha value is -3.03. The number of para-hydroxylation sites is 1. The molecule has 4 rings (SSSR count). The summed E-state index contributed by atoms with van der Waals surface area (Å²) in [5, 5.41) is 6.99. The van der Waals surface area contributed by atoms with Crippen molar-refractivity contribution in [3.8, 4) is 0 Å². The molecule has 0 bridgehead atoms. The van der Waals surface area contributed by atoms with Gasteiger partial charge in [-0.1, -0.05) is 52.3 Å². The number of fused-ring (bicyclic) bond motifs is 1. The molecule has 5 nitrogen and oxygen atoms in total. The molecule has 0 aliphatic heterocycles. The summed E-state index contributed by atoms with van der Waals surface area (Å²) in [6.45, 7) is 1.16. The second-order valence-corrected chi connectivity index (χ2v) is 9.10. The smallest absolute Gasteiger partial charge is 0.251 e. The fourth-order valence-electron chi connectivity index (χ4n) is 3.37. The number of hydrogen-bond donors (Lipinski definition) is 2. The third-order valence-corrected chi connectivity index (χ3v) is 6.48. The molecule has 4 aromatic rings. The summed E-state index contributed by atoms with van der Waals surface area (Å²) in [7, 11) is 0. The fraction of sp³-hybridized carbons (Fsp3) is 0.120. The van der Waals surface area contributed by atoms with Crippen LogP contribution in [0.4, 0.5) is 5.69 Å². The predicted octanol–water partition coefficient (Wildman–Crippen LogP) is 5.56. The van der Waals surface area contributed by atoms with Gasteiger partial charge in [0, 0.05) is 50.8 Å². The number of rotatable bonds is 8. The molecular formula is C25H22BrN3O2S. The topological polar surface area (TPSA) is 63.1 Å². The Morgan fingerprint density at radius 3 is 2.41 bits per heavy atom. The standard InChI is InChI=1S/C25H22BrN3O2S/c26-19-10-12-20(13-11-19)28-24(30)17-32-23-16-29(22-9-5-4-8-21(22)23)15-14-27-25(31)18-6-2-1-3-7-18/h1-13,16H,14-15,17H2,(H,27,31)(H,28,30). The third-order valence-electron chi connectivity index (χ3n) is 4.91. The van der Waals surface area contributed by atoms with Gasteiger partial charge in [-0.3, -0.25) is 9.59 Å². The van der Waals surface area contributed by atoms with E-state index >= 15 is 0 Å². The first kappa shape index (κ1) is 22.2. The van der Waals surface area contributed by atoms with E-state index in [4.69, 9.17) is 0 Å². The SMILES string of the molecule is O=C(CSc1cn(CCNC(=O)c2ccccc2)c2ccccc12)Nc1ccc(Br)cc1.